The smallest absolute Gasteiger partial charge is 0.313 e. The first-order valence-electron chi connectivity index (χ1n) is 7.17. The van der Waals surface area contributed by atoms with Gasteiger partial charge in [-0.1, -0.05) is 0 Å². The van der Waals surface area contributed by atoms with Crippen LogP contribution in [0.25, 0.3) is 10.9 Å². The summed E-state index contributed by atoms with van der Waals surface area (Å²) in [7, 11) is 1.42. The lowest BCUT2D eigenvalue weighted by Crippen LogP contribution is -2.30. The first-order valence-corrected chi connectivity index (χ1v) is 7.17. The zero-order valence-electron chi connectivity index (χ0n) is 13.3. The van der Waals surface area contributed by atoms with Crippen LogP contribution in [0.4, 0.5) is 0 Å². The van der Waals surface area contributed by atoms with Crippen LogP contribution in [0, 0.1) is 5.41 Å². The third kappa shape index (κ3) is 3.38. The highest BCUT2D eigenvalue weighted by Crippen LogP contribution is 2.27. The summed E-state index contributed by atoms with van der Waals surface area (Å²) in [5.41, 5.74) is 0.524. The van der Waals surface area contributed by atoms with E-state index in [-0.39, 0.29) is 12.1 Å². The highest BCUT2D eigenvalue weighted by molar-refractivity contribution is 5.82. The average molecular weight is 289 g/mol. The fourth-order valence-electron chi connectivity index (χ4n) is 2.43. The largest absolute Gasteiger partial charge is 0.491 e. The second kappa shape index (κ2) is 5.80. The number of hydrogen-bond donors (Lipinski definition) is 0. The van der Waals surface area contributed by atoms with Gasteiger partial charge in [0.2, 0.25) is 0 Å². The molecular formula is C17H23NO3. The lowest BCUT2D eigenvalue weighted by Gasteiger charge is -2.22. The molecule has 0 aliphatic rings. The maximum absolute atomic E-state index is 11.8. The maximum atomic E-state index is 11.8. The van der Waals surface area contributed by atoms with Gasteiger partial charge in [-0.25, -0.2) is 0 Å². The van der Waals surface area contributed by atoms with E-state index < -0.39 is 5.41 Å². The highest BCUT2D eigenvalue weighted by Gasteiger charge is 2.29. The van der Waals surface area contributed by atoms with Gasteiger partial charge in [0.15, 0.2) is 0 Å². The Morgan fingerprint density at radius 3 is 2.62 bits per heavy atom. The van der Waals surface area contributed by atoms with Crippen LogP contribution in [0.2, 0.25) is 0 Å². The van der Waals surface area contributed by atoms with Crippen LogP contribution in [-0.2, 0) is 16.1 Å². The first kappa shape index (κ1) is 15.4. The second-order valence-corrected chi connectivity index (χ2v) is 6.21. The predicted octanol–water partition coefficient (Wildman–Crippen LogP) is 3.63. The van der Waals surface area contributed by atoms with E-state index >= 15 is 0 Å². The van der Waals surface area contributed by atoms with Crippen molar-refractivity contribution in [2.24, 2.45) is 5.41 Å². The fraction of sp³-hybridized carbons (Fsp3) is 0.471. The van der Waals surface area contributed by atoms with Gasteiger partial charge in [0.05, 0.1) is 18.6 Å². The molecule has 2 aromatic rings. The molecule has 4 heteroatoms. The molecule has 4 nitrogen and oxygen atoms in total. The molecule has 0 N–H and O–H groups in total. The third-order valence-corrected chi connectivity index (χ3v) is 3.42. The second-order valence-electron chi connectivity index (χ2n) is 6.21. The van der Waals surface area contributed by atoms with E-state index in [2.05, 4.69) is 4.57 Å². The van der Waals surface area contributed by atoms with Crippen LogP contribution in [-0.4, -0.2) is 23.8 Å². The quantitative estimate of drug-likeness (QED) is 0.789. The van der Waals surface area contributed by atoms with Gasteiger partial charge in [0, 0.05) is 23.6 Å². The van der Waals surface area contributed by atoms with E-state index in [4.69, 9.17) is 9.47 Å². The summed E-state index contributed by atoms with van der Waals surface area (Å²) < 4.78 is 12.6. The van der Waals surface area contributed by atoms with Gasteiger partial charge in [-0.3, -0.25) is 4.79 Å². The van der Waals surface area contributed by atoms with Gasteiger partial charge in [0.1, 0.15) is 5.75 Å². The van der Waals surface area contributed by atoms with Crippen molar-refractivity contribution in [3.63, 3.8) is 0 Å². The van der Waals surface area contributed by atoms with E-state index in [1.54, 1.807) is 0 Å². The van der Waals surface area contributed by atoms with E-state index in [9.17, 15) is 4.79 Å². The number of aromatic nitrogens is 1. The number of hydrogen-bond acceptors (Lipinski definition) is 3. The molecule has 0 amide bonds. The molecule has 0 fully saturated rings. The Hall–Kier alpha value is -1.97. The van der Waals surface area contributed by atoms with Crippen LogP contribution in [0.1, 0.15) is 27.7 Å². The van der Waals surface area contributed by atoms with Crippen LogP contribution in [0.15, 0.2) is 30.5 Å². The minimum atomic E-state index is -0.562. The number of nitrogens with zero attached hydrogens (tertiary/aromatic N) is 1. The van der Waals surface area contributed by atoms with Crippen LogP contribution < -0.4 is 4.74 Å². The molecule has 0 aliphatic heterocycles. The van der Waals surface area contributed by atoms with Crippen molar-refractivity contribution in [2.45, 2.75) is 40.3 Å². The molecule has 0 unspecified atom stereocenters. The third-order valence-electron chi connectivity index (χ3n) is 3.42. The SMILES string of the molecule is COC(=O)C(C)(C)Cn1ccc2cc(OC(C)C)ccc21. The van der Waals surface area contributed by atoms with E-state index in [0.717, 1.165) is 16.7 Å². The van der Waals surface area contributed by atoms with Gasteiger partial charge in [-0.15, -0.1) is 0 Å². The minimum absolute atomic E-state index is 0.155. The summed E-state index contributed by atoms with van der Waals surface area (Å²) in [6.07, 6.45) is 2.15. The van der Waals surface area contributed by atoms with Crippen molar-refractivity contribution in [2.75, 3.05) is 7.11 Å². The molecule has 0 bridgehead atoms. The van der Waals surface area contributed by atoms with Crippen molar-refractivity contribution in [1.82, 2.24) is 4.57 Å². The van der Waals surface area contributed by atoms with Crippen LogP contribution >= 0.6 is 0 Å². The van der Waals surface area contributed by atoms with Crippen molar-refractivity contribution in [3.8, 4) is 5.75 Å². The molecule has 2 rings (SSSR count). The summed E-state index contributed by atoms with van der Waals surface area (Å²) in [5, 5.41) is 1.11. The van der Waals surface area contributed by atoms with Gasteiger partial charge in [-0.2, -0.15) is 0 Å². The number of methoxy groups -OCH3 is 1. The lowest BCUT2D eigenvalue weighted by atomic mass is 9.93. The predicted molar refractivity (Wildman–Crippen MR) is 83.5 cm³/mol. The molecule has 0 atom stereocenters. The van der Waals surface area contributed by atoms with E-state index in [1.807, 2.05) is 58.2 Å². The summed E-state index contributed by atoms with van der Waals surface area (Å²) in [6, 6.07) is 8.05. The summed E-state index contributed by atoms with van der Waals surface area (Å²) >= 11 is 0. The Balaban J connectivity index is 2.28. The van der Waals surface area contributed by atoms with E-state index in [1.165, 1.54) is 7.11 Å². The molecule has 1 aromatic carbocycles. The van der Waals surface area contributed by atoms with Crippen molar-refractivity contribution >= 4 is 16.9 Å². The molecule has 0 saturated carbocycles. The van der Waals surface area contributed by atoms with Gasteiger partial charge in [-0.05, 0) is 52.0 Å². The summed E-state index contributed by atoms with van der Waals surface area (Å²) in [5.74, 6) is 0.659. The lowest BCUT2D eigenvalue weighted by molar-refractivity contribution is -0.151. The Morgan fingerprint density at radius 1 is 1.29 bits per heavy atom. The van der Waals surface area contributed by atoms with Gasteiger partial charge >= 0.3 is 5.97 Å². The number of fused-ring (bicyclic) bond motifs is 1. The Labute approximate surface area is 125 Å². The van der Waals surface area contributed by atoms with Crippen molar-refractivity contribution in [1.29, 1.82) is 0 Å². The molecule has 0 radical (unpaired) electrons. The number of esters is 1. The number of carbonyl (C=O) groups is 1. The Bertz CT molecular complexity index is 641. The molecule has 114 valence electrons. The van der Waals surface area contributed by atoms with E-state index in [0.29, 0.717) is 6.54 Å². The number of carbonyl (C=O) groups excluding carboxylic acids is 1. The number of rotatable bonds is 5. The molecular weight excluding hydrogens is 266 g/mol. The fourth-order valence-corrected chi connectivity index (χ4v) is 2.43. The van der Waals surface area contributed by atoms with Crippen LogP contribution in [0.5, 0.6) is 5.75 Å². The molecule has 1 aromatic heterocycles. The molecule has 0 aliphatic carbocycles. The zero-order valence-corrected chi connectivity index (χ0v) is 13.3. The maximum Gasteiger partial charge on any atom is 0.313 e. The summed E-state index contributed by atoms with van der Waals surface area (Å²) in [4.78, 5) is 11.8. The zero-order chi connectivity index (χ0) is 15.6. The molecule has 0 saturated heterocycles. The molecule has 1 heterocycles. The van der Waals surface area contributed by atoms with Gasteiger partial charge in [0.25, 0.3) is 0 Å². The number of benzene rings is 1. The monoisotopic (exact) mass is 289 g/mol. The van der Waals surface area contributed by atoms with Gasteiger partial charge < -0.3 is 14.0 Å². The molecule has 0 spiro atoms. The minimum Gasteiger partial charge on any atom is -0.491 e. The van der Waals surface area contributed by atoms with Crippen molar-refractivity contribution < 1.29 is 14.3 Å². The highest BCUT2D eigenvalue weighted by atomic mass is 16.5. The molecule has 21 heavy (non-hydrogen) atoms. The summed E-state index contributed by atoms with van der Waals surface area (Å²) in [6.45, 7) is 8.37. The van der Waals surface area contributed by atoms with Crippen LogP contribution in [0.3, 0.4) is 0 Å². The average Bonchev–Trinajstić information content (AvgIpc) is 2.79. The first-order chi connectivity index (χ1) is 9.83. The number of ether oxygens (including phenoxy) is 2. The Morgan fingerprint density at radius 2 is 2.00 bits per heavy atom. The normalized spacial score (nSPS) is 11.9. The van der Waals surface area contributed by atoms with Crippen molar-refractivity contribution in [3.05, 3.63) is 30.5 Å². The Kier molecular flexibility index (Phi) is 4.26. The topological polar surface area (TPSA) is 40.5 Å². The standard InChI is InChI=1S/C17H23NO3/c1-12(2)21-14-6-7-15-13(10-14)8-9-18(15)11-17(3,4)16(19)20-5/h6-10,12H,11H2,1-5H3.